The lowest BCUT2D eigenvalue weighted by Gasteiger charge is -2.36. The lowest BCUT2D eigenvalue weighted by atomic mass is 9.91. The molecule has 3 nitrogen and oxygen atoms in total. The number of hydrogen-bond acceptors (Lipinski definition) is 3. The van der Waals surface area contributed by atoms with E-state index < -0.39 is 0 Å². The van der Waals surface area contributed by atoms with Gasteiger partial charge in [-0.05, 0) is 30.2 Å². The zero-order valence-corrected chi connectivity index (χ0v) is 10.0. The first-order valence-electron chi connectivity index (χ1n) is 5.90. The van der Waals surface area contributed by atoms with Crippen molar-refractivity contribution in [2.75, 3.05) is 19.6 Å². The number of nitrogens with zero attached hydrogens (tertiary/aromatic N) is 1. The third-order valence-electron chi connectivity index (χ3n) is 3.71. The molecular weight excluding hydrogens is 220 g/mol. The van der Waals surface area contributed by atoms with Gasteiger partial charge < -0.3 is 10.2 Å². The van der Waals surface area contributed by atoms with Crippen LogP contribution in [0.4, 0.5) is 0 Å². The molecule has 1 aromatic rings. The average Bonchev–Trinajstić information content (AvgIpc) is 2.98. The quantitative estimate of drug-likeness (QED) is 0.803. The van der Waals surface area contributed by atoms with Gasteiger partial charge in [-0.2, -0.15) is 11.3 Å². The van der Waals surface area contributed by atoms with Gasteiger partial charge in [0.25, 0.3) is 5.91 Å². The first-order valence-corrected chi connectivity index (χ1v) is 6.84. The molecule has 2 fully saturated rings. The number of rotatable bonds is 1. The van der Waals surface area contributed by atoms with E-state index in [2.05, 4.69) is 10.2 Å². The molecule has 2 saturated heterocycles. The van der Waals surface area contributed by atoms with Crippen molar-refractivity contribution in [1.29, 1.82) is 0 Å². The van der Waals surface area contributed by atoms with Gasteiger partial charge in [-0.3, -0.25) is 4.79 Å². The summed E-state index contributed by atoms with van der Waals surface area (Å²) in [5, 5.41) is 7.33. The highest BCUT2D eigenvalue weighted by molar-refractivity contribution is 7.08. The molecule has 0 radical (unpaired) electrons. The van der Waals surface area contributed by atoms with Crippen molar-refractivity contribution in [3.8, 4) is 0 Å². The van der Waals surface area contributed by atoms with Gasteiger partial charge in [0.15, 0.2) is 0 Å². The molecule has 0 aromatic carbocycles. The van der Waals surface area contributed by atoms with E-state index in [9.17, 15) is 4.79 Å². The summed E-state index contributed by atoms with van der Waals surface area (Å²) in [7, 11) is 0. The predicted molar refractivity (Wildman–Crippen MR) is 64.7 cm³/mol. The van der Waals surface area contributed by atoms with Crippen molar-refractivity contribution in [2.45, 2.75) is 18.9 Å². The van der Waals surface area contributed by atoms with Crippen LogP contribution in [0, 0.1) is 5.92 Å². The highest BCUT2D eigenvalue weighted by Gasteiger charge is 2.37. The first kappa shape index (κ1) is 10.3. The van der Waals surface area contributed by atoms with Crippen LogP contribution in [0.1, 0.15) is 23.2 Å². The number of amides is 1. The largest absolute Gasteiger partial charge is 0.334 e. The van der Waals surface area contributed by atoms with Gasteiger partial charge in [0, 0.05) is 31.1 Å². The lowest BCUT2D eigenvalue weighted by molar-refractivity contribution is 0.0575. The fourth-order valence-corrected chi connectivity index (χ4v) is 3.50. The van der Waals surface area contributed by atoms with E-state index >= 15 is 0 Å². The smallest absolute Gasteiger partial charge is 0.255 e. The molecule has 3 rings (SSSR count). The lowest BCUT2D eigenvalue weighted by Crippen LogP contribution is -2.48. The zero-order chi connectivity index (χ0) is 11.0. The number of carbonyl (C=O) groups excluding carboxylic acids is 1. The Labute approximate surface area is 99.5 Å². The van der Waals surface area contributed by atoms with Crippen LogP contribution < -0.4 is 5.32 Å². The van der Waals surface area contributed by atoms with Crippen LogP contribution in [0.2, 0.25) is 0 Å². The number of carbonyl (C=O) groups is 1. The van der Waals surface area contributed by atoms with Crippen LogP contribution in [0.3, 0.4) is 0 Å². The minimum absolute atomic E-state index is 0.222. The molecule has 1 amide bonds. The van der Waals surface area contributed by atoms with E-state index in [0.29, 0.717) is 12.0 Å². The van der Waals surface area contributed by atoms with Gasteiger partial charge in [-0.1, -0.05) is 0 Å². The standard InChI is InChI=1S/C12H16N2OS/c15-12(10-3-5-16-8-10)14-4-1-2-9-6-13-7-11(9)14/h3,5,8-9,11,13H,1-2,4,6-7H2. The summed E-state index contributed by atoms with van der Waals surface area (Å²) in [4.78, 5) is 14.4. The van der Waals surface area contributed by atoms with Gasteiger partial charge in [-0.15, -0.1) is 0 Å². The number of likely N-dealkylation sites (tertiary alicyclic amines) is 1. The molecule has 16 heavy (non-hydrogen) atoms. The molecule has 2 unspecified atom stereocenters. The third-order valence-corrected chi connectivity index (χ3v) is 4.39. The molecule has 4 heteroatoms. The second-order valence-corrected chi connectivity index (χ2v) is 5.42. The Hall–Kier alpha value is -0.870. The van der Waals surface area contributed by atoms with Crippen molar-refractivity contribution >= 4 is 17.2 Å². The maximum Gasteiger partial charge on any atom is 0.255 e. The van der Waals surface area contributed by atoms with Gasteiger partial charge in [-0.25, -0.2) is 0 Å². The highest BCUT2D eigenvalue weighted by Crippen LogP contribution is 2.27. The molecule has 2 atom stereocenters. The van der Waals surface area contributed by atoms with Crippen LogP contribution in [0.5, 0.6) is 0 Å². The molecular formula is C12H16N2OS. The summed E-state index contributed by atoms with van der Waals surface area (Å²) >= 11 is 1.59. The summed E-state index contributed by atoms with van der Waals surface area (Å²) in [6, 6.07) is 2.36. The Morgan fingerprint density at radius 1 is 1.50 bits per heavy atom. The predicted octanol–water partition coefficient (Wildman–Crippen LogP) is 1.57. The van der Waals surface area contributed by atoms with Crippen LogP contribution in [-0.4, -0.2) is 36.5 Å². The molecule has 0 bridgehead atoms. The third kappa shape index (κ3) is 1.66. The first-order chi connectivity index (χ1) is 7.86. The van der Waals surface area contributed by atoms with Crippen LogP contribution >= 0.6 is 11.3 Å². The number of piperidine rings is 1. The van der Waals surface area contributed by atoms with Gasteiger partial charge >= 0.3 is 0 Å². The van der Waals surface area contributed by atoms with E-state index in [1.165, 1.54) is 6.42 Å². The summed E-state index contributed by atoms with van der Waals surface area (Å²) in [6.07, 6.45) is 2.42. The summed E-state index contributed by atoms with van der Waals surface area (Å²) in [5.74, 6) is 0.899. The second kappa shape index (κ2) is 4.18. The summed E-state index contributed by atoms with van der Waals surface area (Å²) < 4.78 is 0. The highest BCUT2D eigenvalue weighted by atomic mass is 32.1. The molecule has 2 aliphatic heterocycles. The van der Waals surface area contributed by atoms with Crippen molar-refractivity contribution < 1.29 is 4.79 Å². The van der Waals surface area contributed by atoms with Crippen molar-refractivity contribution in [3.05, 3.63) is 22.4 Å². The Bertz CT molecular complexity index is 376. The number of thiophene rings is 1. The molecule has 2 aliphatic rings. The summed E-state index contributed by atoms with van der Waals surface area (Å²) in [5.41, 5.74) is 0.859. The Morgan fingerprint density at radius 3 is 3.25 bits per heavy atom. The SMILES string of the molecule is O=C(c1ccsc1)N1CCCC2CNCC21. The van der Waals surface area contributed by atoms with Crippen LogP contribution in [-0.2, 0) is 0 Å². The molecule has 0 spiro atoms. The van der Waals surface area contributed by atoms with Gasteiger partial charge in [0.05, 0.1) is 5.56 Å². The number of fused-ring (bicyclic) bond motifs is 1. The van der Waals surface area contributed by atoms with Gasteiger partial charge in [0.2, 0.25) is 0 Å². The van der Waals surface area contributed by atoms with Crippen LogP contribution in [0.25, 0.3) is 0 Å². The van der Waals surface area contributed by atoms with E-state index in [0.717, 1.165) is 31.6 Å². The maximum absolute atomic E-state index is 12.3. The maximum atomic E-state index is 12.3. The zero-order valence-electron chi connectivity index (χ0n) is 9.19. The monoisotopic (exact) mass is 236 g/mol. The second-order valence-electron chi connectivity index (χ2n) is 4.64. The molecule has 86 valence electrons. The number of hydrogen-bond donors (Lipinski definition) is 1. The van der Waals surface area contributed by atoms with Crippen LogP contribution in [0.15, 0.2) is 16.8 Å². The molecule has 0 saturated carbocycles. The Balaban J connectivity index is 1.80. The number of nitrogens with one attached hydrogen (secondary N) is 1. The van der Waals surface area contributed by atoms with Crippen molar-refractivity contribution in [1.82, 2.24) is 10.2 Å². The molecule has 3 heterocycles. The molecule has 1 N–H and O–H groups in total. The molecule has 1 aromatic heterocycles. The topological polar surface area (TPSA) is 32.3 Å². The minimum atomic E-state index is 0.222. The molecule has 0 aliphatic carbocycles. The van der Waals surface area contributed by atoms with E-state index in [1.807, 2.05) is 16.8 Å². The van der Waals surface area contributed by atoms with E-state index in [-0.39, 0.29) is 5.91 Å². The summed E-state index contributed by atoms with van der Waals surface area (Å²) in [6.45, 7) is 2.98. The van der Waals surface area contributed by atoms with Gasteiger partial charge in [0.1, 0.15) is 0 Å². The fraction of sp³-hybridized carbons (Fsp3) is 0.583. The normalized spacial score (nSPS) is 29.1. The van der Waals surface area contributed by atoms with Crippen molar-refractivity contribution in [3.63, 3.8) is 0 Å². The van der Waals surface area contributed by atoms with Crippen molar-refractivity contribution in [2.24, 2.45) is 5.92 Å². The fourth-order valence-electron chi connectivity index (χ4n) is 2.87. The van der Waals surface area contributed by atoms with E-state index in [4.69, 9.17) is 0 Å². The Morgan fingerprint density at radius 2 is 2.44 bits per heavy atom. The minimum Gasteiger partial charge on any atom is -0.334 e. The Kier molecular flexibility index (Phi) is 2.69. The average molecular weight is 236 g/mol. The van der Waals surface area contributed by atoms with E-state index in [1.54, 1.807) is 11.3 Å².